The lowest BCUT2D eigenvalue weighted by molar-refractivity contribution is 0.469. The van der Waals surface area contributed by atoms with Crippen LogP contribution < -0.4 is 5.32 Å². The van der Waals surface area contributed by atoms with Crippen LogP contribution in [-0.2, 0) is 6.54 Å². The number of anilines is 1. The highest BCUT2D eigenvalue weighted by molar-refractivity contribution is 9.10. The van der Waals surface area contributed by atoms with E-state index >= 15 is 0 Å². The summed E-state index contributed by atoms with van der Waals surface area (Å²) >= 11 is 9.24. The summed E-state index contributed by atoms with van der Waals surface area (Å²) < 4.78 is 0.879. The number of nitrogens with one attached hydrogen (secondary N) is 1. The van der Waals surface area contributed by atoms with Gasteiger partial charge in [0.15, 0.2) is 0 Å². The molecular weight excluding hydrogens is 328 g/mol. The number of aromatic hydroxyl groups is 1. The minimum absolute atomic E-state index is 0.172. The standard InChI is InChI=1S/C14H10BrClN2O/c15-11-2-1-9(7-17)13(6-11)18-8-10-5-12(16)3-4-14(10)19/h1-6,18-19H,8H2. The molecule has 0 radical (unpaired) electrons. The predicted molar refractivity (Wildman–Crippen MR) is 79.3 cm³/mol. The summed E-state index contributed by atoms with van der Waals surface area (Å²) in [5, 5.41) is 22.4. The average Bonchev–Trinajstić information content (AvgIpc) is 2.40. The molecule has 0 bridgehead atoms. The number of phenolic OH excluding ortho intramolecular Hbond substituents is 1. The number of hydrogen-bond donors (Lipinski definition) is 2. The fourth-order valence-corrected chi connectivity index (χ4v) is 2.20. The Morgan fingerprint density at radius 1 is 1.26 bits per heavy atom. The van der Waals surface area contributed by atoms with Gasteiger partial charge in [0, 0.05) is 21.6 Å². The lowest BCUT2D eigenvalue weighted by Crippen LogP contribution is -2.01. The van der Waals surface area contributed by atoms with E-state index < -0.39 is 0 Å². The molecule has 0 aliphatic heterocycles. The molecule has 5 heteroatoms. The Labute approximate surface area is 124 Å². The van der Waals surface area contributed by atoms with E-state index in [9.17, 15) is 5.11 Å². The first-order valence-corrected chi connectivity index (χ1v) is 6.68. The number of hydrogen-bond acceptors (Lipinski definition) is 3. The average molecular weight is 338 g/mol. The van der Waals surface area contributed by atoms with E-state index in [1.54, 1.807) is 30.3 Å². The van der Waals surface area contributed by atoms with Crippen LogP contribution in [0.2, 0.25) is 5.02 Å². The Morgan fingerprint density at radius 2 is 2.05 bits per heavy atom. The number of halogens is 2. The number of nitrogens with zero attached hydrogens (tertiary/aromatic N) is 1. The predicted octanol–water partition coefficient (Wildman–Crippen LogP) is 4.29. The quantitative estimate of drug-likeness (QED) is 0.878. The molecule has 0 heterocycles. The molecule has 0 spiro atoms. The Kier molecular flexibility index (Phi) is 4.31. The monoisotopic (exact) mass is 336 g/mol. The van der Waals surface area contributed by atoms with Gasteiger partial charge in [-0.1, -0.05) is 27.5 Å². The maximum absolute atomic E-state index is 9.72. The van der Waals surface area contributed by atoms with Crippen molar-refractivity contribution in [3.63, 3.8) is 0 Å². The summed E-state index contributed by atoms with van der Waals surface area (Å²) in [6.45, 7) is 0.386. The highest BCUT2D eigenvalue weighted by Crippen LogP contribution is 2.25. The van der Waals surface area contributed by atoms with Gasteiger partial charge in [-0.15, -0.1) is 0 Å². The van der Waals surface area contributed by atoms with E-state index in [2.05, 4.69) is 27.3 Å². The molecule has 0 atom stereocenters. The third kappa shape index (κ3) is 3.40. The molecule has 0 fully saturated rings. The molecule has 0 aliphatic rings. The Morgan fingerprint density at radius 3 is 2.79 bits per heavy atom. The van der Waals surface area contributed by atoms with Crippen molar-refractivity contribution in [3.05, 3.63) is 57.0 Å². The summed E-state index contributed by atoms with van der Waals surface area (Å²) in [7, 11) is 0. The van der Waals surface area contributed by atoms with Crippen molar-refractivity contribution in [2.75, 3.05) is 5.32 Å². The smallest absolute Gasteiger partial charge is 0.120 e. The first kappa shape index (κ1) is 13.7. The fraction of sp³-hybridized carbons (Fsp3) is 0.0714. The molecule has 0 unspecified atom stereocenters. The van der Waals surface area contributed by atoms with Crippen molar-refractivity contribution in [2.24, 2.45) is 0 Å². The van der Waals surface area contributed by atoms with Gasteiger partial charge in [-0.25, -0.2) is 0 Å². The van der Waals surface area contributed by atoms with Crippen molar-refractivity contribution >= 4 is 33.2 Å². The van der Waals surface area contributed by atoms with Crippen molar-refractivity contribution in [1.82, 2.24) is 0 Å². The second kappa shape index (κ2) is 5.96. The molecule has 0 saturated heterocycles. The minimum Gasteiger partial charge on any atom is -0.508 e. The molecule has 2 aromatic rings. The molecule has 3 nitrogen and oxygen atoms in total. The maximum Gasteiger partial charge on any atom is 0.120 e. The molecule has 0 aliphatic carbocycles. The van der Waals surface area contributed by atoms with Crippen LogP contribution in [0.3, 0.4) is 0 Å². The van der Waals surface area contributed by atoms with Gasteiger partial charge in [0.1, 0.15) is 11.8 Å². The first-order chi connectivity index (χ1) is 9.10. The molecule has 2 rings (SSSR count). The number of nitriles is 1. The van der Waals surface area contributed by atoms with Crippen LogP contribution in [0.25, 0.3) is 0 Å². The maximum atomic E-state index is 9.72. The highest BCUT2D eigenvalue weighted by Gasteiger charge is 2.05. The molecule has 0 saturated carbocycles. The van der Waals surface area contributed by atoms with E-state index in [0.29, 0.717) is 28.4 Å². The summed E-state index contributed by atoms with van der Waals surface area (Å²) in [5.41, 5.74) is 1.93. The van der Waals surface area contributed by atoms with Crippen molar-refractivity contribution in [2.45, 2.75) is 6.54 Å². The second-order valence-corrected chi connectivity index (χ2v) is 5.28. The van der Waals surface area contributed by atoms with E-state index in [4.69, 9.17) is 16.9 Å². The molecule has 0 aromatic heterocycles. The van der Waals surface area contributed by atoms with Gasteiger partial charge < -0.3 is 10.4 Å². The molecule has 2 N–H and O–H groups in total. The number of rotatable bonds is 3. The van der Waals surface area contributed by atoms with Crippen LogP contribution in [0.5, 0.6) is 5.75 Å². The van der Waals surface area contributed by atoms with Crippen molar-refractivity contribution in [3.8, 4) is 11.8 Å². The van der Waals surface area contributed by atoms with E-state index in [0.717, 1.165) is 4.47 Å². The Bertz CT molecular complexity index is 652. The van der Waals surface area contributed by atoms with E-state index in [1.165, 1.54) is 0 Å². The third-order valence-electron chi connectivity index (χ3n) is 2.61. The zero-order valence-electron chi connectivity index (χ0n) is 9.82. The third-order valence-corrected chi connectivity index (χ3v) is 3.34. The van der Waals surface area contributed by atoms with Crippen LogP contribution in [0, 0.1) is 11.3 Å². The lowest BCUT2D eigenvalue weighted by Gasteiger charge is -2.10. The van der Waals surface area contributed by atoms with E-state index in [1.807, 2.05) is 6.07 Å². The second-order valence-electron chi connectivity index (χ2n) is 3.93. The van der Waals surface area contributed by atoms with Crippen LogP contribution in [0.4, 0.5) is 5.69 Å². The van der Waals surface area contributed by atoms with Crippen LogP contribution in [0.1, 0.15) is 11.1 Å². The van der Waals surface area contributed by atoms with Crippen molar-refractivity contribution in [1.29, 1.82) is 5.26 Å². The van der Waals surface area contributed by atoms with Gasteiger partial charge in [-0.2, -0.15) is 5.26 Å². The normalized spacial score (nSPS) is 9.95. The molecule has 2 aromatic carbocycles. The Hall–Kier alpha value is -1.70. The molecule has 19 heavy (non-hydrogen) atoms. The first-order valence-electron chi connectivity index (χ1n) is 5.51. The van der Waals surface area contributed by atoms with Gasteiger partial charge in [-0.05, 0) is 36.4 Å². The Balaban J connectivity index is 2.21. The zero-order chi connectivity index (χ0) is 13.8. The van der Waals surface area contributed by atoms with E-state index in [-0.39, 0.29) is 5.75 Å². The summed E-state index contributed by atoms with van der Waals surface area (Å²) in [6, 6.07) is 12.3. The SMILES string of the molecule is N#Cc1ccc(Br)cc1NCc1cc(Cl)ccc1O. The summed E-state index contributed by atoms with van der Waals surface area (Å²) in [6.07, 6.45) is 0. The van der Waals surface area contributed by atoms with Gasteiger partial charge in [-0.3, -0.25) is 0 Å². The van der Waals surface area contributed by atoms with Gasteiger partial charge >= 0.3 is 0 Å². The summed E-state index contributed by atoms with van der Waals surface area (Å²) in [4.78, 5) is 0. The fourth-order valence-electron chi connectivity index (χ4n) is 1.65. The van der Waals surface area contributed by atoms with Crippen LogP contribution >= 0.6 is 27.5 Å². The number of benzene rings is 2. The zero-order valence-corrected chi connectivity index (χ0v) is 12.2. The molecule has 0 amide bonds. The van der Waals surface area contributed by atoms with Gasteiger partial charge in [0.2, 0.25) is 0 Å². The lowest BCUT2D eigenvalue weighted by atomic mass is 10.1. The minimum atomic E-state index is 0.172. The topological polar surface area (TPSA) is 56.0 Å². The number of phenols is 1. The summed E-state index contributed by atoms with van der Waals surface area (Å²) in [5.74, 6) is 0.172. The van der Waals surface area contributed by atoms with Crippen molar-refractivity contribution < 1.29 is 5.11 Å². The highest BCUT2D eigenvalue weighted by atomic mass is 79.9. The van der Waals surface area contributed by atoms with Gasteiger partial charge in [0.25, 0.3) is 0 Å². The molecular formula is C14H10BrClN2O. The van der Waals surface area contributed by atoms with Crippen LogP contribution in [-0.4, -0.2) is 5.11 Å². The van der Waals surface area contributed by atoms with Gasteiger partial charge in [0.05, 0.1) is 11.3 Å². The molecule has 96 valence electrons. The van der Waals surface area contributed by atoms with Crippen LogP contribution in [0.15, 0.2) is 40.9 Å². The largest absolute Gasteiger partial charge is 0.508 e.